The predicted molar refractivity (Wildman–Crippen MR) is 95.8 cm³/mol. The van der Waals surface area contributed by atoms with Crippen molar-refractivity contribution in [1.82, 2.24) is 4.90 Å². The zero-order valence-electron chi connectivity index (χ0n) is 14.5. The molecule has 0 saturated carbocycles. The average Bonchev–Trinajstić information content (AvgIpc) is 2.93. The topological polar surface area (TPSA) is 58.6 Å². The van der Waals surface area contributed by atoms with Gasteiger partial charge in [-0.1, -0.05) is 0 Å². The van der Waals surface area contributed by atoms with Gasteiger partial charge in [-0.3, -0.25) is 4.79 Å². The number of esters is 1. The fourth-order valence-corrected chi connectivity index (χ4v) is 4.95. The molecule has 1 aromatic rings. The van der Waals surface area contributed by atoms with Crippen LogP contribution in [-0.4, -0.2) is 43.5 Å². The fourth-order valence-electron chi connectivity index (χ4n) is 3.67. The van der Waals surface area contributed by atoms with Crippen molar-refractivity contribution in [3.8, 4) is 0 Å². The molecule has 5 nitrogen and oxygen atoms in total. The highest BCUT2D eigenvalue weighted by molar-refractivity contribution is 7.17. The van der Waals surface area contributed by atoms with Crippen LogP contribution in [0.5, 0.6) is 0 Å². The number of ether oxygens (including phenoxy) is 1. The molecule has 1 aliphatic heterocycles. The molecule has 2 heterocycles. The third kappa shape index (κ3) is 3.64. The maximum atomic E-state index is 12.7. The third-order valence-corrected chi connectivity index (χ3v) is 6.09. The number of amides is 1. The summed E-state index contributed by atoms with van der Waals surface area (Å²) in [6, 6.07) is 0. The van der Waals surface area contributed by atoms with Crippen LogP contribution in [0.25, 0.3) is 0 Å². The van der Waals surface area contributed by atoms with E-state index in [0.29, 0.717) is 17.2 Å². The molecule has 24 heavy (non-hydrogen) atoms. The molecule has 1 atom stereocenters. The molecule has 1 fully saturated rings. The smallest absolute Gasteiger partial charge is 0.341 e. The predicted octanol–water partition coefficient (Wildman–Crippen LogP) is 3.08. The number of fused-ring (bicyclic) bond motifs is 1. The van der Waals surface area contributed by atoms with Gasteiger partial charge in [0.2, 0.25) is 5.91 Å². The summed E-state index contributed by atoms with van der Waals surface area (Å²) in [6.45, 7) is 3.99. The van der Waals surface area contributed by atoms with Crippen molar-refractivity contribution >= 4 is 28.2 Å². The van der Waals surface area contributed by atoms with E-state index in [1.165, 1.54) is 4.88 Å². The molecule has 0 radical (unpaired) electrons. The molecule has 1 aromatic heterocycles. The van der Waals surface area contributed by atoms with Crippen LogP contribution in [0.1, 0.15) is 53.4 Å². The minimum Gasteiger partial charge on any atom is -0.462 e. The number of carbonyl (C=O) groups excluding carboxylic acids is 2. The second-order valence-electron chi connectivity index (χ2n) is 6.73. The van der Waals surface area contributed by atoms with Crippen LogP contribution in [0.3, 0.4) is 0 Å². The Morgan fingerprint density at radius 1 is 1.29 bits per heavy atom. The number of nitrogens with zero attached hydrogens (tertiary/aromatic N) is 1. The average molecular weight is 350 g/mol. The van der Waals surface area contributed by atoms with Gasteiger partial charge in [-0.15, -0.1) is 11.3 Å². The number of hydrogen-bond acceptors (Lipinski definition) is 5. The number of thiophene rings is 1. The second-order valence-corrected chi connectivity index (χ2v) is 7.83. The van der Waals surface area contributed by atoms with E-state index in [-0.39, 0.29) is 17.8 Å². The zero-order valence-corrected chi connectivity index (χ0v) is 15.3. The molecule has 0 unspecified atom stereocenters. The SMILES string of the molecule is CCOC(=O)c1c(NC(=O)[C@@H]2CCCN(C)C2)sc2c1CCCC2. The van der Waals surface area contributed by atoms with Gasteiger partial charge in [0.15, 0.2) is 0 Å². The van der Waals surface area contributed by atoms with Gasteiger partial charge in [0, 0.05) is 11.4 Å². The highest BCUT2D eigenvalue weighted by Gasteiger charge is 2.30. The molecule has 6 heteroatoms. The van der Waals surface area contributed by atoms with Crippen molar-refractivity contribution in [2.24, 2.45) is 5.92 Å². The third-order valence-electron chi connectivity index (χ3n) is 4.88. The Bertz CT molecular complexity index is 626. The van der Waals surface area contributed by atoms with Gasteiger partial charge in [0.05, 0.1) is 18.1 Å². The summed E-state index contributed by atoms with van der Waals surface area (Å²) in [7, 11) is 2.05. The summed E-state index contributed by atoms with van der Waals surface area (Å²) in [4.78, 5) is 28.5. The number of carbonyl (C=O) groups is 2. The van der Waals surface area contributed by atoms with Crippen LogP contribution in [0.4, 0.5) is 5.00 Å². The first-order chi connectivity index (χ1) is 11.6. The molecule has 0 bridgehead atoms. The van der Waals surface area contributed by atoms with Gasteiger partial charge in [0.1, 0.15) is 5.00 Å². The minimum absolute atomic E-state index is 0.00192. The molecule has 132 valence electrons. The molecule has 2 aliphatic rings. The fraction of sp³-hybridized carbons (Fsp3) is 0.667. The van der Waals surface area contributed by atoms with Crippen LogP contribution in [-0.2, 0) is 22.4 Å². The first-order valence-electron chi connectivity index (χ1n) is 8.91. The zero-order chi connectivity index (χ0) is 17.1. The summed E-state index contributed by atoms with van der Waals surface area (Å²) >= 11 is 1.56. The largest absolute Gasteiger partial charge is 0.462 e. The van der Waals surface area contributed by atoms with E-state index >= 15 is 0 Å². The van der Waals surface area contributed by atoms with E-state index in [1.54, 1.807) is 11.3 Å². The standard InChI is InChI=1S/C18H26N2O3S/c1-3-23-18(22)15-13-8-4-5-9-14(13)24-17(15)19-16(21)12-7-6-10-20(2)11-12/h12H,3-11H2,1-2H3,(H,19,21)/t12-/m1/s1. The first kappa shape index (κ1) is 17.4. The lowest BCUT2D eigenvalue weighted by atomic mass is 9.95. The van der Waals surface area contributed by atoms with Gasteiger partial charge in [-0.05, 0) is 64.6 Å². The maximum Gasteiger partial charge on any atom is 0.341 e. The van der Waals surface area contributed by atoms with Crippen molar-refractivity contribution in [2.75, 3.05) is 32.1 Å². The minimum atomic E-state index is -0.298. The molecule has 1 amide bonds. The van der Waals surface area contributed by atoms with Crippen molar-refractivity contribution in [3.63, 3.8) is 0 Å². The van der Waals surface area contributed by atoms with Crippen molar-refractivity contribution in [2.45, 2.75) is 45.4 Å². The van der Waals surface area contributed by atoms with E-state index in [1.807, 2.05) is 14.0 Å². The van der Waals surface area contributed by atoms with E-state index in [4.69, 9.17) is 4.74 Å². The highest BCUT2D eigenvalue weighted by atomic mass is 32.1. The first-order valence-corrected chi connectivity index (χ1v) is 9.72. The molecular weight excluding hydrogens is 324 g/mol. The molecule has 1 saturated heterocycles. The Kier molecular flexibility index (Phi) is 5.56. The Morgan fingerprint density at radius 2 is 2.08 bits per heavy atom. The summed E-state index contributed by atoms with van der Waals surface area (Å²) in [6.07, 6.45) is 6.10. The van der Waals surface area contributed by atoms with Gasteiger partial charge in [0.25, 0.3) is 0 Å². The molecule has 1 N–H and O–H groups in total. The van der Waals surface area contributed by atoms with E-state index in [9.17, 15) is 9.59 Å². The number of nitrogens with one attached hydrogen (secondary N) is 1. The van der Waals surface area contributed by atoms with E-state index in [0.717, 1.165) is 57.2 Å². The number of likely N-dealkylation sites (tertiary alicyclic amines) is 1. The van der Waals surface area contributed by atoms with Crippen LogP contribution in [0, 0.1) is 5.92 Å². The van der Waals surface area contributed by atoms with E-state index in [2.05, 4.69) is 10.2 Å². The number of anilines is 1. The Labute approximate surface area is 147 Å². The summed E-state index contributed by atoms with van der Waals surface area (Å²) in [5, 5.41) is 3.74. The Hall–Kier alpha value is -1.40. The molecule has 3 rings (SSSR count). The monoisotopic (exact) mass is 350 g/mol. The lowest BCUT2D eigenvalue weighted by molar-refractivity contribution is -0.121. The normalized spacial score (nSPS) is 21.2. The van der Waals surface area contributed by atoms with Gasteiger partial charge in [-0.2, -0.15) is 0 Å². The van der Waals surface area contributed by atoms with Crippen molar-refractivity contribution in [1.29, 1.82) is 0 Å². The molecule has 0 spiro atoms. The van der Waals surface area contributed by atoms with Gasteiger partial charge in [-0.25, -0.2) is 4.79 Å². The quantitative estimate of drug-likeness (QED) is 0.848. The summed E-state index contributed by atoms with van der Waals surface area (Å²) in [5.74, 6) is -0.267. The number of hydrogen-bond donors (Lipinski definition) is 1. The van der Waals surface area contributed by atoms with Crippen molar-refractivity contribution < 1.29 is 14.3 Å². The summed E-state index contributed by atoms with van der Waals surface area (Å²) in [5.41, 5.74) is 1.70. The van der Waals surface area contributed by atoms with Crippen molar-refractivity contribution in [3.05, 3.63) is 16.0 Å². The Morgan fingerprint density at radius 3 is 2.83 bits per heavy atom. The lowest BCUT2D eigenvalue weighted by Crippen LogP contribution is -2.38. The number of aryl methyl sites for hydroxylation is 1. The highest BCUT2D eigenvalue weighted by Crippen LogP contribution is 2.39. The summed E-state index contributed by atoms with van der Waals surface area (Å²) < 4.78 is 5.25. The Balaban J connectivity index is 1.82. The number of piperidine rings is 1. The van der Waals surface area contributed by atoms with Gasteiger partial charge < -0.3 is 15.0 Å². The number of rotatable bonds is 4. The van der Waals surface area contributed by atoms with E-state index < -0.39 is 0 Å². The molecule has 1 aliphatic carbocycles. The molecular formula is C18H26N2O3S. The van der Waals surface area contributed by atoms with Crippen LogP contribution in [0.2, 0.25) is 0 Å². The van der Waals surface area contributed by atoms with Crippen LogP contribution < -0.4 is 5.32 Å². The molecule has 0 aromatic carbocycles. The lowest BCUT2D eigenvalue weighted by Gasteiger charge is -2.28. The van der Waals surface area contributed by atoms with Gasteiger partial charge >= 0.3 is 5.97 Å². The maximum absolute atomic E-state index is 12.7. The van der Waals surface area contributed by atoms with Crippen LogP contribution >= 0.6 is 11.3 Å². The van der Waals surface area contributed by atoms with Crippen LogP contribution in [0.15, 0.2) is 0 Å². The second kappa shape index (κ2) is 7.66.